The molecule has 2 saturated heterocycles. The topological polar surface area (TPSA) is 64.2 Å². The largest absolute Gasteiger partial charge is 0.331 e. The quantitative estimate of drug-likeness (QED) is 0.699. The molecule has 2 aliphatic rings. The molecule has 0 radical (unpaired) electrons. The highest BCUT2D eigenvalue weighted by Gasteiger charge is 2.37. The highest BCUT2D eigenvalue weighted by molar-refractivity contribution is 7.89. The van der Waals surface area contributed by atoms with E-state index in [1.807, 2.05) is 4.90 Å². The zero-order valence-corrected chi connectivity index (χ0v) is 18.1. The van der Waals surface area contributed by atoms with Crippen LogP contribution in [0.3, 0.4) is 0 Å². The normalized spacial score (nSPS) is 21.3. The summed E-state index contributed by atoms with van der Waals surface area (Å²) in [7, 11) is -0.258. The summed E-state index contributed by atoms with van der Waals surface area (Å²) in [6.07, 6.45) is 4.24. The van der Waals surface area contributed by atoms with Gasteiger partial charge in [0.15, 0.2) is 0 Å². The number of carbonyl (C=O) groups excluding carboxylic acids is 1. The first-order valence-electron chi connectivity index (χ1n) is 10.2. The molecule has 0 N–H and O–H groups in total. The number of piperidine rings is 1. The lowest BCUT2D eigenvalue weighted by Crippen LogP contribution is -2.50. The first kappa shape index (κ1) is 22.0. The number of benzene rings is 1. The Morgan fingerprint density at radius 1 is 1.10 bits per heavy atom. The lowest BCUT2D eigenvalue weighted by Gasteiger charge is -2.34. The minimum atomic E-state index is -3.70. The molecule has 0 spiro atoms. The van der Waals surface area contributed by atoms with Crippen molar-refractivity contribution < 1.29 is 17.6 Å². The number of hydrogen-bond acceptors (Lipinski definition) is 4. The number of sulfonamides is 1. The Kier molecular flexibility index (Phi) is 7.13. The summed E-state index contributed by atoms with van der Waals surface area (Å²) in [5, 5.41) is 0. The molecule has 162 valence electrons. The number of urea groups is 1. The Balaban J connectivity index is 1.68. The molecule has 1 aromatic rings. The fourth-order valence-corrected chi connectivity index (χ4v) is 5.55. The van der Waals surface area contributed by atoms with Crippen molar-refractivity contribution in [2.45, 2.75) is 36.6 Å². The molecule has 7 nitrogen and oxygen atoms in total. The summed E-state index contributed by atoms with van der Waals surface area (Å²) in [5.41, 5.74) is 0. The Hall–Kier alpha value is -1.71. The van der Waals surface area contributed by atoms with Gasteiger partial charge in [0, 0.05) is 46.3 Å². The molecule has 0 aromatic heterocycles. The molecule has 2 fully saturated rings. The third-order valence-electron chi connectivity index (χ3n) is 5.75. The van der Waals surface area contributed by atoms with Gasteiger partial charge in [-0.05, 0) is 56.6 Å². The molecule has 0 aliphatic carbocycles. The second-order valence-corrected chi connectivity index (χ2v) is 9.97. The van der Waals surface area contributed by atoms with Crippen LogP contribution in [0.25, 0.3) is 0 Å². The van der Waals surface area contributed by atoms with Crippen LogP contribution in [0, 0.1) is 5.82 Å². The predicted molar refractivity (Wildman–Crippen MR) is 110 cm³/mol. The molecule has 3 rings (SSSR count). The Morgan fingerprint density at radius 2 is 1.76 bits per heavy atom. The minimum Gasteiger partial charge on any atom is -0.331 e. The highest BCUT2D eigenvalue weighted by atomic mass is 32.2. The van der Waals surface area contributed by atoms with Crippen LogP contribution in [-0.2, 0) is 10.0 Å². The SMILES string of the molecule is CN(C)C(=O)N(CCN1CCCCC1)C1CCN(S(=O)(=O)c2ccc(F)cc2)C1. The van der Waals surface area contributed by atoms with Crippen molar-refractivity contribution in [3.05, 3.63) is 30.1 Å². The van der Waals surface area contributed by atoms with Crippen molar-refractivity contribution in [3.63, 3.8) is 0 Å². The van der Waals surface area contributed by atoms with E-state index < -0.39 is 15.8 Å². The first-order valence-corrected chi connectivity index (χ1v) is 11.7. The van der Waals surface area contributed by atoms with Crippen LogP contribution < -0.4 is 0 Å². The van der Waals surface area contributed by atoms with Gasteiger partial charge in [-0.15, -0.1) is 0 Å². The number of halogens is 1. The molecule has 2 amide bonds. The summed E-state index contributed by atoms with van der Waals surface area (Å²) in [5.74, 6) is -0.469. The summed E-state index contributed by atoms with van der Waals surface area (Å²) in [6.45, 7) is 4.12. The standard InChI is InChI=1S/C20H31FN4O3S/c1-22(2)20(26)25(15-14-23-11-4-3-5-12-23)18-10-13-24(16-18)29(27,28)19-8-6-17(21)7-9-19/h6-9,18H,3-5,10-16H2,1-2H3. The number of hydrogen-bond donors (Lipinski definition) is 0. The van der Waals surface area contributed by atoms with Gasteiger partial charge in [0.25, 0.3) is 0 Å². The van der Waals surface area contributed by atoms with Gasteiger partial charge in [0.1, 0.15) is 5.82 Å². The lowest BCUT2D eigenvalue weighted by molar-refractivity contribution is 0.134. The zero-order chi connectivity index (χ0) is 21.0. The molecule has 29 heavy (non-hydrogen) atoms. The third-order valence-corrected chi connectivity index (χ3v) is 7.63. The molecule has 1 unspecified atom stereocenters. The average Bonchev–Trinajstić information content (AvgIpc) is 3.20. The van der Waals surface area contributed by atoms with Crippen molar-refractivity contribution in [3.8, 4) is 0 Å². The summed E-state index contributed by atoms with van der Waals surface area (Å²) >= 11 is 0. The molecular formula is C20H31FN4O3S. The maximum absolute atomic E-state index is 13.2. The van der Waals surface area contributed by atoms with Gasteiger partial charge in [0.05, 0.1) is 4.90 Å². The molecule has 0 saturated carbocycles. The van der Waals surface area contributed by atoms with Crippen LogP contribution in [-0.4, -0.2) is 92.9 Å². The van der Waals surface area contributed by atoms with Gasteiger partial charge in [0.2, 0.25) is 10.0 Å². The van der Waals surface area contributed by atoms with Crippen molar-refractivity contribution in [1.29, 1.82) is 0 Å². The van der Waals surface area contributed by atoms with Crippen LogP contribution >= 0.6 is 0 Å². The monoisotopic (exact) mass is 426 g/mol. The molecule has 2 heterocycles. The van der Waals surface area contributed by atoms with E-state index in [4.69, 9.17) is 0 Å². The van der Waals surface area contributed by atoms with Gasteiger partial charge < -0.3 is 14.7 Å². The van der Waals surface area contributed by atoms with E-state index in [0.29, 0.717) is 19.5 Å². The third kappa shape index (κ3) is 5.26. The summed E-state index contributed by atoms with van der Waals surface area (Å²) in [4.78, 5) is 18.6. The lowest BCUT2D eigenvalue weighted by atomic mass is 10.1. The first-order chi connectivity index (χ1) is 13.8. The smallest absolute Gasteiger partial charge is 0.319 e. The van der Waals surface area contributed by atoms with E-state index in [2.05, 4.69) is 4.90 Å². The van der Waals surface area contributed by atoms with E-state index in [1.165, 1.54) is 35.7 Å². The number of amides is 2. The number of likely N-dealkylation sites (tertiary alicyclic amines) is 1. The predicted octanol–water partition coefficient (Wildman–Crippen LogP) is 2.06. The molecule has 1 atom stereocenters. The van der Waals surface area contributed by atoms with Crippen molar-refractivity contribution in [1.82, 2.24) is 19.0 Å². The van der Waals surface area contributed by atoms with Gasteiger partial charge in [-0.25, -0.2) is 17.6 Å². The maximum atomic E-state index is 13.2. The Labute approximate surface area is 173 Å². The fraction of sp³-hybridized carbons (Fsp3) is 0.650. The molecule has 1 aromatic carbocycles. The van der Waals surface area contributed by atoms with Crippen LogP contribution in [0.1, 0.15) is 25.7 Å². The Morgan fingerprint density at radius 3 is 2.38 bits per heavy atom. The van der Waals surface area contributed by atoms with Crippen LogP contribution in [0.5, 0.6) is 0 Å². The van der Waals surface area contributed by atoms with Crippen LogP contribution in [0.15, 0.2) is 29.2 Å². The van der Waals surface area contributed by atoms with E-state index in [1.54, 1.807) is 19.0 Å². The second kappa shape index (κ2) is 9.40. The van der Waals surface area contributed by atoms with E-state index in [9.17, 15) is 17.6 Å². The van der Waals surface area contributed by atoms with Gasteiger partial charge in [-0.1, -0.05) is 6.42 Å². The fourth-order valence-electron chi connectivity index (χ4n) is 4.06. The second-order valence-electron chi connectivity index (χ2n) is 8.03. The van der Waals surface area contributed by atoms with Gasteiger partial charge >= 0.3 is 6.03 Å². The van der Waals surface area contributed by atoms with E-state index >= 15 is 0 Å². The van der Waals surface area contributed by atoms with Crippen LogP contribution in [0.4, 0.5) is 9.18 Å². The summed E-state index contributed by atoms with van der Waals surface area (Å²) < 4.78 is 40.4. The van der Waals surface area contributed by atoms with E-state index in [-0.39, 0.29) is 23.5 Å². The Bertz CT molecular complexity index is 794. The van der Waals surface area contributed by atoms with Crippen molar-refractivity contribution >= 4 is 16.1 Å². The zero-order valence-electron chi connectivity index (χ0n) is 17.3. The number of rotatable bonds is 6. The number of nitrogens with zero attached hydrogens (tertiary/aromatic N) is 4. The molecule has 9 heteroatoms. The highest BCUT2D eigenvalue weighted by Crippen LogP contribution is 2.24. The van der Waals surface area contributed by atoms with Crippen molar-refractivity contribution in [2.75, 3.05) is 53.4 Å². The minimum absolute atomic E-state index is 0.0818. The van der Waals surface area contributed by atoms with E-state index in [0.717, 1.165) is 31.8 Å². The van der Waals surface area contributed by atoms with Crippen molar-refractivity contribution in [2.24, 2.45) is 0 Å². The molecule has 0 bridgehead atoms. The average molecular weight is 427 g/mol. The summed E-state index contributed by atoms with van der Waals surface area (Å²) in [6, 6.07) is 4.63. The van der Waals surface area contributed by atoms with Gasteiger partial charge in [-0.2, -0.15) is 4.31 Å². The van der Waals surface area contributed by atoms with Crippen LogP contribution in [0.2, 0.25) is 0 Å². The molecular weight excluding hydrogens is 395 g/mol. The molecule has 2 aliphatic heterocycles. The number of carbonyl (C=O) groups is 1. The maximum Gasteiger partial charge on any atom is 0.319 e. The van der Waals surface area contributed by atoms with Gasteiger partial charge in [-0.3, -0.25) is 0 Å².